The lowest BCUT2D eigenvalue weighted by molar-refractivity contribution is -0.130. The maximum atomic E-state index is 13.8. The molecule has 6 heteroatoms. The molecule has 4 nitrogen and oxygen atoms in total. The molecule has 1 rings (SSSR count). The maximum absolute atomic E-state index is 13.8. The van der Waals surface area contributed by atoms with Crippen LogP contribution in [0, 0.1) is 5.82 Å². The van der Waals surface area contributed by atoms with Crippen molar-refractivity contribution in [2.24, 2.45) is 5.73 Å². The number of rotatable bonds is 6. The van der Waals surface area contributed by atoms with Gasteiger partial charge in [-0.2, -0.15) is 0 Å². The van der Waals surface area contributed by atoms with Crippen LogP contribution in [0.4, 0.5) is 4.39 Å². The first-order valence-electron chi connectivity index (χ1n) is 6.35. The number of benzene rings is 1. The van der Waals surface area contributed by atoms with E-state index in [2.05, 4.69) is 0 Å². The van der Waals surface area contributed by atoms with Crippen molar-refractivity contribution in [3.63, 3.8) is 0 Å². The number of carbonyl (C=O) groups excluding carboxylic acids is 1. The highest BCUT2D eigenvalue weighted by atomic mass is 32.1. The van der Waals surface area contributed by atoms with Gasteiger partial charge in [-0.3, -0.25) is 9.69 Å². The highest BCUT2D eigenvalue weighted by molar-refractivity contribution is 7.80. The highest BCUT2D eigenvalue weighted by Gasteiger charge is 2.14. The molecular weight excluding hydrogens is 277 g/mol. The summed E-state index contributed by atoms with van der Waals surface area (Å²) in [5.74, 6) is -0.335. The van der Waals surface area contributed by atoms with Gasteiger partial charge in [0.25, 0.3) is 0 Å². The molecule has 0 radical (unpaired) electrons. The van der Waals surface area contributed by atoms with Crippen LogP contribution in [0.5, 0.6) is 0 Å². The first-order chi connectivity index (χ1) is 9.35. The third-order valence-corrected chi connectivity index (χ3v) is 3.26. The smallest absolute Gasteiger partial charge is 0.236 e. The topological polar surface area (TPSA) is 49.6 Å². The maximum Gasteiger partial charge on any atom is 0.236 e. The first kappa shape index (κ1) is 16.5. The fraction of sp³-hybridized carbons (Fsp3) is 0.429. The van der Waals surface area contributed by atoms with E-state index in [4.69, 9.17) is 18.0 Å². The fourth-order valence-corrected chi connectivity index (χ4v) is 1.83. The predicted octanol–water partition coefficient (Wildman–Crippen LogP) is 1.37. The molecule has 0 aliphatic heterocycles. The van der Waals surface area contributed by atoms with Gasteiger partial charge >= 0.3 is 0 Å². The summed E-state index contributed by atoms with van der Waals surface area (Å²) in [5.41, 5.74) is 6.67. The lowest BCUT2D eigenvalue weighted by Gasteiger charge is -2.22. The molecule has 0 unspecified atom stereocenters. The van der Waals surface area contributed by atoms with Crippen LogP contribution in [0.15, 0.2) is 18.2 Å². The van der Waals surface area contributed by atoms with Crippen molar-refractivity contribution in [2.75, 3.05) is 27.2 Å². The molecule has 0 spiro atoms. The average molecular weight is 297 g/mol. The summed E-state index contributed by atoms with van der Waals surface area (Å²) in [4.78, 5) is 15.3. The molecular formula is C14H20FN3OS. The van der Waals surface area contributed by atoms with Crippen molar-refractivity contribution >= 4 is 23.1 Å². The van der Waals surface area contributed by atoms with Crippen LogP contribution in [0.1, 0.15) is 18.1 Å². The third kappa shape index (κ3) is 4.54. The van der Waals surface area contributed by atoms with Gasteiger partial charge < -0.3 is 10.6 Å². The lowest BCUT2D eigenvalue weighted by Crippen LogP contribution is -2.36. The summed E-state index contributed by atoms with van der Waals surface area (Å²) in [7, 11) is 3.40. The van der Waals surface area contributed by atoms with Crippen LogP contribution in [0.2, 0.25) is 0 Å². The van der Waals surface area contributed by atoms with Gasteiger partial charge in [0.15, 0.2) is 0 Å². The number of halogens is 1. The Morgan fingerprint density at radius 1 is 1.40 bits per heavy atom. The second-order valence-electron chi connectivity index (χ2n) is 4.76. The summed E-state index contributed by atoms with van der Waals surface area (Å²) in [6, 6.07) is 4.55. The number of hydrogen-bond acceptors (Lipinski definition) is 3. The van der Waals surface area contributed by atoms with Gasteiger partial charge in [-0.05, 0) is 24.7 Å². The van der Waals surface area contributed by atoms with Gasteiger partial charge in [-0.15, -0.1) is 0 Å². The summed E-state index contributed by atoms with van der Waals surface area (Å²) in [5, 5.41) is 0. The quantitative estimate of drug-likeness (QED) is 0.806. The van der Waals surface area contributed by atoms with Crippen LogP contribution in [-0.2, 0) is 11.3 Å². The standard InChI is InChI=1S/C14H20FN3OS/c1-4-18(9-13(19)17(2)3)8-11-7-10(14(16)20)5-6-12(11)15/h5-7H,4,8-9H2,1-3H3,(H2,16,20). The summed E-state index contributed by atoms with van der Waals surface area (Å²) >= 11 is 4.89. The molecule has 0 bridgehead atoms. The molecule has 1 aromatic rings. The van der Waals surface area contributed by atoms with E-state index in [1.54, 1.807) is 26.2 Å². The minimum Gasteiger partial charge on any atom is -0.389 e. The molecule has 110 valence electrons. The van der Waals surface area contributed by atoms with E-state index >= 15 is 0 Å². The predicted molar refractivity (Wildman–Crippen MR) is 81.9 cm³/mol. The van der Waals surface area contributed by atoms with E-state index in [0.29, 0.717) is 24.2 Å². The number of amides is 1. The lowest BCUT2D eigenvalue weighted by atomic mass is 10.1. The Kier molecular flexibility index (Phi) is 6.04. The number of nitrogens with zero attached hydrogens (tertiary/aromatic N) is 2. The Morgan fingerprint density at radius 2 is 2.05 bits per heavy atom. The Labute approximate surface area is 124 Å². The summed E-state index contributed by atoms with van der Waals surface area (Å²) in [6.45, 7) is 3.17. The van der Waals surface area contributed by atoms with Gasteiger partial charge in [0.2, 0.25) is 5.91 Å². The zero-order chi connectivity index (χ0) is 15.3. The minimum atomic E-state index is -0.319. The van der Waals surface area contributed by atoms with Crippen LogP contribution in [0.25, 0.3) is 0 Å². The Morgan fingerprint density at radius 3 is 2.55 bits per heavy atom. The van der Waals surface area contributed by atoms with Crippen LogP contribution in [0.3, 0.4) is 0 Å². The number of hydrogen-bond donors (Lipinski definition) is 1. The molecule has 0 saturated heterocycles. The van der Waals surface area contributed by atoms with E-state index < -0.39 is 0 Å². The third-order valence-electron chi connectivity index (χ3n) is 3.03. The molecule has 1 aromatic carbocycles. The molecule has 0 saturated carbocycles. The van der Waals surface area contributed by atoms with Crippen molar-refractivity contribution < 1.29 is 9.18 Å². The highest BCUT2D eigenvalue weighted by Crippen LogP contribution is 2.13. The van der Waals surface area contributed by atoms with Gasteiger partial charge in [-0.25, -0.2) is 4.39 Å². The number of nitrogens with two attached hydrogens (primary N) is 1. The minimum absolute atomic E-state index is 0.0160. The molecule has 20 heavy (non-hydrogen) atoms. The van der Waals surface area contributed by atoms with Crippen molar-refractivity contribution in [1.29, 1.82) is 0 Å². The second kappa shape index (κ2) is 7.31. The van der Waals surface area contributed by atoms with Gasteiger partial charge in [0.1, 0.15) is 10.8 Å². The van der Waals surface area contributed by atoms with Crippen molar-refractivity contribution in [3.8, 4) is 0 Å². The molecule has 0 aromatic heterocycles. The van der Waals surface area contributed by atoms with Crippen LogP contribution >= 0.6 is 12.2 Å². The number of thiocarbonyl (C=S) groups is 1. The second-order valence-corrected chi connectivity index (χ2v) is 5.20. The summed E-state index contributed by atoms with van der Waals surface area (Å²) in [6.07, 6.45) is 0. The average Bonchev–Trinajstić information content (AvgIpc) is 2.39. The largest absolute Gasteiger partial charge is 0.389 e. The van der Waals surface area contributed by atoms with Crippen molar-refractivity contribution in [1.82, 2.24) is 9.80 Å². The van der Waals surface area contributed by atoms with Crippen molar-refractivity contribution in [3.05, 3.63) is 35.1 Å². The van der Waals surface area contributed by atoms with E-state index in [1.807, 2.05) is 11.8 Å². The Bertz CT molecular complexity index is 505. The normalized spacial score (nSPS) is 10.7. The molecule has 2 N–H and O–H groups in total. The molecule has 0 heterocycles. The van der Waals surface area contributed by atoms with E-state index in [9.17, 15) is 9.18 Å². The van der Waals surface area contributed by atoms with Gasteiger partial charge in [0.05, 0.1) is 6.54 Å². The van der Waals surface area contributed by atoms with Crippen LogP contribution < -0.4 is 5.73 Å². The van der Waals surface area contributed by atoms with Crippen LogP contribution in [-0.4, -0.2) is 47.9 Å². The van der Waals surface area contributed by atoms with Gasteiger partial charge in [-0.1, -0.05) is 19.1 Å². The van der Waals surface area contributed by atoms with Gasteiger partial charge in [0, 0.05) is 31.8 Å². The SMILES string of the molecule is CCN(CC(=O)N(C)C)Cc1cc(C(N)=S)ccc1F. The fourth-order valence-electron chi connectivity index (χ4n) is 1.70. The molecule has 1 amide bonds. The molecule has 0 atom stereocenters. The molecule has 0 fully saturated rings. The first-order valence-corrected chi connectivity index (χ1v) is 6.76. The summed E-state index contributed by atoms with van der Waals surface area (Å²) < 4.78 is 13.8. The van der Waals surface area contributed by atoms with Crippen molar-refractivity contribution in [2.45, 2.75) is 13.5 Å². The zero-order valence-electron chi connectivity index (χ0n) is 12.0. The monoisotopic (exact) mass is 297 g/mol. The Hall–Kier alpha value is -1.53. The Balaban J connectivity index is 2.86. The molecule has 0 aliphatic rings. The van der Waals surface area contributed by atoms with E-state index in [0.717, 1.165) is 0 Å². The zero-order valence-corrected chi connectivity index (χ0v) is 12.8. The van der Waals surface area contributed by atoms with E-state index in [-0.39, 0.29) is 23.3 Å². The molecule has 0 aliphatic carbocycles. The number of likely N-dealkylation sites (N-methyl/N-ethyl adjacent to an activating group) is 2. The number of carbonyl (C=O) groups is 1. The van der Waals surface area contributed by atoms with E-state index in [1.165, 1.54) is 11.0 Å².